The van der Waals surface area contributed by atoms with Crippen molar-refractivity contribution in [1.29, 1.82) is 0 Å². The Hall–Kier alpha value is -3.00. The van der Waals surface area contributed by atoms with Crippen LogP contribution in [0.3, 0.4) is 0 Å². The Morgan fingerprint density at radius 1 is 1.17 bits per heavy atom. The highest BCUT2D eigenvalue weighted by Crippen LogP contribution is 2.33. The van der Waals surface area contributed by atoms with E-state index in [9.17, 15) is 4.79 Å². The van der Waals surface area contributed by atoms with Crippen LogP contribution in [0.5, 0.6) is 0 Å². The van der Waals surface area contributed by atoms with Crippen molar-refractivity contribution in [1.82, 2.24) is 24.1 Å². The number of carbonyl (C=O) groups excluding carboxylic acids is 1. The summed E-state index contributed by atoms with van der Waals surface area (Å²) in [5.41, 5.74) is 4.00. The molecule has 0 N–H and O–H groups in total. The second kappa shape index (κ2) is 8.02. The number of rotatable bonds is 6. The van der Waals surface area contributed by atoms with E-state index < -0.39 is 0 Å². The molecule has 8 heteroatoms. The predicted octanol–water partition coefficient (Wildman–Crippen LogP) is 4.70. The van der Waals surface area contributed by atoms with Gasteiger partial charge < -0.3 is 4.74 Å². The Bertz CT molecular complexity index is 1210. The van der Waals surface area contributed by atoms with E-state index in [-0.39, 0.29) is 5.97 Å². The van der Waals surface area contributed by atoms with Gasteiger partial charge in [0, 0.05) is 10.6 Å². The van der Waals surface area contributed by atoms with Crippen molar-refractivity contribution in [3.05, 3.63) is 52.2 Å². The van der Waals surface area contributed by atoms with Crippen molar-refractivity contribution < 1.29 is 9.53 Å². The number of fused-ring (bicyclic) bond motifs is 1. The summed E-state index contributed by atoms with van der Waals surface area (Å²) in [5, 5.41) is 8.39. The fourth-order valence-corrected chi connectivity index (χ4v) is 4.68. The lowest BCUT2D eigenvalue weighted by Crippen LogP contribution is -2.14. The third-order valence-corrected chi connectivity index (χ3v) is 6.27. The Labute approximate surface area is 179 Å². The molecule has 0 unspecified atom stereocenters. The third kappa shape index (κ3) is 3.31. The molecule has 7 nitrogen and oxygen atoms in total. The van der Waals surface area contributed by atoms with Gasteiger partial charge in [0.2, 0.25) is 0 Å². The molecule has 4 rings (SSSR count). The van der Waals surface area contributed by atoms with Crippen LogP contribution in [0.1, 0.15) is 52.3 Å². The summed E-state index contributed by atoms with van der Waals surface area (Å²) in [6.45, 7) is 8.02. The molecule has 30 heavy (non-hydrogen) atoms. The topological polar surface area (TPSA) is 74.3 Å². The van der Waals surface area contributed by atoms with Gasteiger partial charge in [-0.3, -0.25) is 8.97 Å². The zero-order valence-electron chi connectivity index (χ0n) is 17.9. The van der Waals surface area contributed by atoms with Crippen LogP contribution < -0.4 is 0 Å². The molecule has 0 saturated heterocycles. The normalized spacial score (nSPS) is 11.4. The molecule has 0 aliphatic carbocycles. The Balaban J connectivity index is 2.11. The number of pyridine rings is 1. The first-order valence-corrected chi connectivity index (χ1v) is 10.8. The van der Waals surface area contributed by atoms with Crippen LogP contribution in [0.15, 0.2) is 24.4 Å². The minimum absolute atomic E-state index is 0.352. The Morgan fingerprint density at radius 3 is 2.50 bits per heavy atom. The van der Waals surface area contributed by atoms with Gasteiger partial charge >= 0.3 is 5.97 Å². The summed E-state index contributed by atoms with van der Waals surface area (Å²) in [6, 6.07) is 6.07. The first-order valence-electron chi connectivity index (χ1n) is 10.0. The van der Waals surface area contributed by atoms with Crippen LogP contribution >= 0.6 is 11.3 Å². The molecular formula is C22H25N5O2S. The van der Waals surface area contributed by atoms with E-state index in [0.717, 1.165) is 58.5 Å². The molecule has 0 fully saturated rings. The van der Waals surface area contributed by atoms with E-state index in [1.54, 1.807) is 11.3 Å². The average molecular weight is 424 g/mol. The Kier molecular flexibility index (Phi) is 5.42. The zero-order valence-corrected chi connectivity index (χ0v) is 18.7. The van der Waals surface area contributed by atoms with Gasteiger partial charge in [0.25, 0.3) is 0 Å². The van der Waals surface area contributed by atoms with Crippen molar-refractivity contribution >= 4 is 23.0 Å². The lowest BCUT2D eigenvalue weighted by atomic mass is 10.1. The lowest BCUT2D eigenvalue weighted by molar-refractivity contribution is 0.0598. The molecule has 0 aliphatic heterocycles. The van der Waals surface area contributed by atoms with Gasteiger partial charge in [-0.1, -0.05) is 13.3 Å². The first kappa shape index (κ1) is 20.3. The predicted molar refractivity (Wildman–Crippen MR) is 118 cm³/mol. The van der Waals surface area contributed by atoms with E-state index >= 15 is 0 Å². The minimum atomic E-state index is -0.352. The van der Waals surface area contributed by atoms with Crippen molar-refractivity contribution in [2.45, 2.75) is 47.0 Å². The maximum Gasteiger partial charge on any atom is 0.339 e. The molecular weight excluding hydrogens is 398 g/mol. The van der Waals surface area contributed by atoms with E-state index in [1.807, 2.05) is 30.7 Å². The van der Waals surface area contributed by atoms with Crippen LogP contribution in [0.4, 0.5) is 0 Å². The number of aromatic nitrogens is 5. The maximum atomic E-state index is 12.8. The number of hydrogen-bond donors (Lipinski definition) is 0. The van der Waals surface area contributed by atoms with Crippen molar-refractivity contribution in [2.75, 3.05) is 7.11 Å². The van der Waals surface area contributed by atoms with Crippen LogP contribution in [0.25, 0.3) is 21.9 Å². The first-order chi connectivity index (χ1) is 14.5. The molecule has 0 bridgehead atoms. The lowest BCUT2D eigenvalue weighted by Gasteiger charge is -2.17. The van der Waals surface area contributed by atoms with Crippen LogP contribution in [-0.4, -0.2) is 37.2 Å². The number of thiophene rings is 1. The third-order valence-electron chi connectivity index (χ3n) is 5.25. The SMILES string of the molecule is CCCCc1c(C(=O)OC)cc(-n2c(C)nnc2C)c2ncc(-c3ccc(C)s3)n12. The van der Waals surface area contributed by atoms with Gasteiger partial charge in [-0.15, -0.1) is 21.5 Å². The van der Waals surface area contributed by atoms with Gasteiger partial charge in [0.1, 0.15) is 11.6 Å². The van der Waals surface area contributed by atoms with Crippen LogP contribution in [-0.2, 0) is 11.2 Å². The number of nitrogens with zero attached hydrogens (tertiary/aromatic N) is 5. The van der Waals surface area contributed by atoms with Gasteiger partial charge in [-0.2, -0.15) is 0 Å². The quantitative estimate of drug-likeness (QED) is 0.420. The average Bonchev–Trinajstić information content (AvgIpc) is 3.44. The Morgan fingerprint density at radius 2 is 1.90 bits per heavy atom. The number of hydrogen-bond acceptors (Lipinski definition) is 6. The summed E-state index contributed by atoms with van der Waals surface area (Å²) < 4.78 is 9.20. The fraction of sp³-hybridized carbons (Fsp3) is 0.364. The largest absolute Gasteiger partial charge is 0.465 e. The summed E-state index contributed by atoms with van der Waals surface area (Å²) in [6.07, 6.45) is 4.63. The number of imidazole rings is 1. The van der Waals surface area contributed by atoms with Gasteiger partial charge in [-0.25, -0.2) is 9.78 Å². The number of methoxy groups -OCH3 is 1. The van der Waals surface area contributed by atoms with Crippen molar-refractivity contribution in [3.8, 4) is 16.3 Å². The molecule has 0 spiro atoms. The summed E-state index contributed by atoms with van der Waals surface area (Å²) >= 11 is 1.71. The molecule has 4 aromatic rings. The highest BCUT2D eigenvalue weighted by atomic mass is 32.1. The van der Waals surface area contributed by atoms with Crippen LogP contribution in [0, 0.1) is 20.8 Å². The molecule has 0 atom stereocenters. The standard InChI is InChI=1S/C22H25N5O2S/c1-6-7-8-17-16(22(28)29-5)11-18(26-14(3)24-25-15(26)4)21-23-12-19(27(17)21)20-10-9-13(2)30-20/h9-12H,6-8H2,1-5H3. The molecule has 0 amide bonds. The van der Waals surface area contributed by atoms with Crippen molar-refractivity contribution in [3.63, 3.8) is 0 Å². The molecule has 156 valence electrons. The number of carbonyl (C=O) groups is 1. The van der Waals surface area contributed by atoms with E-state index in [2.05, 4.69) is 40.6 Å². The molecule has 0 saturated carbocycles. The van der Waals surface area contributed by atoms with E-state index in [4.69, 9.17) is 9.72 Å². The number of esters is 1. The zero-order chi connectivity index (χ0) is 21.4. The minimum Gasteiger partial charge on any atom is -0.465 e. The maximum absolute atomic E-state index is 12.8. The van der Waals surface area contributed by atoms with Gasteiger partial charge in [-0.05, 0) is 51.8 Å². The summed E-state index contributed by atoms with van der Waals surface area (Å²) in [4.78, 5) is 19.9. The smallest absolute Gasteiger partial charge is 0.339 e. The van der Waals surface area contributed by atoms with Crippen molar-refractivity contribution in [2.24, 2.45) is 0 Å². The summed E-state index contributed by atoms with van der Waals surface area (Å²) in [7, 11) is 1.42. The van der Waals surface area contributed by atoms with E-state index in [0.29, 0.717) is 5.56 Å². The fourth-order valence-electron chi connectivity index (χ4n) is 3.82. The highest BCUT2D eigenvalue weighted by molar-refractivity contribution is 7.15. The monoisotopic (exact) mass is 423 g/mol. The summed E-state index contributed by atoms with van der Waals surface area (Å²) in [5.74, 6) is 1.13. The molecule has 4 heterocycles. The van der Waals surface area contributed by atoms with E-state index in [1.165, 1.54) is 12.0 Å². The number of unbranched alkanes of at least 4 members (excludes halogenated alkanes) is 1. The number of aryl methyl sites for hydroxylation is 4. The second-order valence-electron chi connectivity index (χ2n) is 7.33. The molecule has 4 aromatic heterocycles. The molecule has 0 aromatic carbocycles. The van der Waals surface area contributed by atoms with Gasteiger partial charge in [0.05, 0.1) is 35.1 Å². The van der Waals surface area contributed by atoms with Gasteiger partial charge in [0.15, 0.2) is 5.65 Å². The molecule has 0 aliphatic rings. The highest BCUT2D eigenvalue weighted by Gasteiger charge is 2.24. The molecule has 0 radical (unpaired) electrons. The number of ether oxygens (including phenoxy) is 1. The second-order valence-corrected chi connectivity index (χ2v) is 8.62. The van der Waals surface area contributed by atoms with Crippen LogP contribution in [0.2, 0.25) is 0 Å².